The molecule has 130 valence electrons. The van der Waals surface area contributed by atoms with E-state index in [9.17, 15) is 9.90 Å². The van der Waals surface area contributed by atoms with Gasteiger partial charge in [0.25, 0.3) is 0 Å². The summed E-state index contributed by atoms with van der Waals surface area (Å²) in [5.74, 6) is -0.0942. The Labute approximate surface area is 159 Å². The lowest BCUT2D eigenvalue weighted by atomic mass is 10.0. The van der Waals surface area contributed by atoms with Gasteiger partial charge in [0.05, 0.1) is 16.3 Å². The number of allylic oxidation sites excluding steroid dienone is 1. The second-order valence-corrected chi connectivity index (χ2v) is 7.33. The van der Waals surface area contributed by atoms with Gasteiger partial charge in [-0.05, 0) is 36.3 Å². The standard InChI is InChI=1S/C20H15ClN2O2S/c1-2-12-5-3-8-16-13(11-22-18(12)16)9-17-19(24)23(20(25)26-17)15-7-4-6-14(21)10-15/h3-11,24H,2H2,1H3/b13-9+. The molecule has 2 heterocycles. The highest BCUT2D eigenvalue weighted by Gasteiger charge is 2.18. The van der Waals surface area contributed by atoms with Crippen LogP contribution in [0.3, 0.4) is 0 Å². The van der Waals surface area contributed by atoms with E-state index in [2.05, 4.69) is 18.0 Å². The zero-order valence-corrected chi connectivity index (χ0v) is 15.5. The first-order valence-electron chi connectivity index (χ1n) is 8.17. The predicted molar refractivity (Wildman–Crippen MR) is 108 cm³/mol. The number of aliphatic imine (C=N–C) groups is 1. The molecule has 0 bridgehead atoms. The van der Waals surface area contributed by atoms with E-state index in [1.165, 1.54) is 10.1 Å². The normalized spacial score (nSPS) is 14.2. The summed E-state index contributed by atoms with van der Waals surface area (Å²) in [5.41, 5.74) is 4.57. The van der Waals surface area contributed by atoms with Crippen molar-refractivity contribution in [3.8, 4) is 11.6 Å². The summed E-state index contributed by atoms with van der Waals surface area (Å²) in [4.78, 5) is 17.1. The van der Waals surface area contributed by atoms with Crippen LogP contribution in [0.2, 0.25) is 5.02 Å². The van der Waals surface area contributed by atoms with Gasteiger partial charge in [-0.25, -0.2) is 4.57 Å². The van der Waals surface area contributed by atoms with Crippen LogP contribution < -0.4 is 4.87 Å². The molecule has 4 nitrogen and oxygen atoms in total. The Kier molecular flexibility index (Phi) is 4.26. The number of aryl methyl sites for hydroxylation is 1. The Bertz CT molecular complexity index is 1130. The molecular formula is C20H15ClN2O2S. The monoisotopic (exact) mass is 382 g/mol. The maximum Gasteiger partial charge on any atom is 0.315 e. The number of fused-ring (bicyclic) bond motifs is 1. The third-order valence-electron chi connectivity index (χ3n) is 4.31. The van der Waals surface area contributed by atoms with Crippen LogP contribution in [-0.2, 0) is 6.42 Å². The van der Waals surface area contributed by atoms with Crippen LogP contribution in [0, 0.1) is 0 Å². The van der Waals surface area contributed by atoms with E-state index < -0.39 is 0 Å². The fourth-order valence-electron chi connectivity index (χ4n) is 3.04. The molecule has 0 radical (unpaired) electrons. The van der Waals surface area contributed by atoms with Gasteiger partial charge < -0.3 is 5.11 Å². The van der Waals surface area contributed by atoms with Gasteiger partial charge in [-0.2, -0.15) is 0 Å². The lowest BCUT2D eigenvalue weighted by molar-refractivity contribution is 0.440. The third kappa shape index (κ3) is 2.79. The fraction of sp³-hybridized carbons (Fsp3) is 0.100. The van der Waals surface area contributed by atoms with Gasteiger partial charge in [0.2, 0.25) is 5.88 Å². The molecule has 2 aromatic carbocycles. The fourth-order valence-corrected chi connectivity index (χ4v) is 4.07. The van der Waals surface area contributed by atoms with Gasteiger partial charge in [-0.1, -0.05) is 54.1 Å². The lowest BCUT2D eigenvalue weighted by Gasteiger charge is -2.05. The van der Waals surface area contributed by atoms with Crippen molar-refractivity contribution in [1.82, 2.24) is 4.57 Å². The number of thiazole rings is 1. The number of rotatable bonds is 3. The summed E-state index contributed by atoms with van der Waals surface area (Å²) in [6.45, 7) is 2.09. The van der Waals surface area contributed by atoms with Crippen molar-refractivity contribution in [2.75, 3.05) is 0 Å². The molecule has 0 unspecified atom stereocenters. The van der Waals surface area contributed by atoms with Crippen LogP contribution >= 0.6 is 22.9 Å². The topological polar surface area (TPSA) is 54.6 Å². The van der Waals surface area contributed by atoms with Crippen LogP contribution in [0.5, 0.6) is 5.88 Å². The maximum atomic E-state index is 12.4. The first-order valence-corrected chi connectivity index (χ1v) is 9.36. The molecule has 0 saturated heterocycles. The van der Waals surface area contributed by atoms with Gasteiger partial charge in [-0.15, -0.1) is 0 Å². The molecule has 0 aliphatic carbocycles. The number of hydrogen-bond donors (Lipinski definition) is 1. The van der Waals surface area contributed by atoms with Crippen molar-refractivity contribution < 1.29 is 5.11 Å². The number of aromatic hydroxyl groups is 1. The second kappa shape index (κ2) is 6.59. The molecule has 0 saturated carbocycles. The molecule has 0 fully saturated rings. The quantitative estimate of drug-likeness (QED) is 0.687. The zero-order valence-electron chi connectivity index (χ0n) is 13.9. The molecule has 3 aromatic rings. The average molecular weight is 383 g/mol. The Hall–Kier alpha value is -2.63. The number of benzene rings is 2. The molecule has 4 rings (SSSR count). The predicted octanol–water partition coefficient (Wildman–Crippen LogP) is 5.08. The molecule has 0 amide bonds. The van der Waals surface area contributed by atoms with Gasteiger partial charge in [0, 0.05) is 22.4 Å². The summed E-state index contributed by atoms with van der Waals surface area (Å²) in [7, 11) is 0. The second-order valence-electron chi connectivity index (χ2n) is 5.90. The minimum absolute atomic E-state index is 0.0942. The van der Waals surface area contributed by atoms with Crippen LogP contribution in [0.25, 0.3) is 17.3 Å². The van der Waals surface area contributed by atoms with E-state index in [0.717, 1.165) is 34.6 Å². The number of nitrogens with zero attached hydrogens (tertiary/aromatic N) is 2. The summed E-state index contributed by atoms with van der Waals surface area (Å²) >= 11 is 6.99. The summed E-state index contributed by atoms with van der Waals surface area (Å²) in [6.07, 6.45) is 4.48. The smallest absolute Gasteiger partial charge is 0.315 e. The number of para-hydroxylation sites is 1. The largest absolute Gasteiger partial charge is 0.493 e. The Balaban J connectivity index is 1.81. The minimum Gasteiger partial charge on any atom is -0.493 e. The van der Waals surface area contributed by atoms with Crippen LogP contribution in [0.15, 0.2) is 52.3 Å². The molecule has 1 N–H and O–H groups in total. The number of aromatic nitrogens is 1. The average Bonchev–Trinajstić information content (AvgIpc) is 3.16. The molecular weight excluding hydrogens is 368 g/mol. The van der Waals surface area contributed by atoms with Gasteiger partial charge in [0.15, 0.2) is 0 Å². The maximum absolute atomic E-state index is 12.4. The van der Waals surface area contributed by atoms with Crippen molar-refractivity contribution in [3.63, 3.8) is 0 Å². The zero-order chi connectivity index (χ0) is 18.3. The van der Waals surface area contributed by atoms with Crippen LogP contribution in [0.4, 0.5) is 5.69 Å². The van der Waals surface area contributed by atoms with Crippen molar-refractivity contribution in [1.29, 1.82) is 0 Å². The summed E-state index contributed by atoms with van der Waals surface area (Å²) < 4.78 is 1.26. The highest BCUT2D eigenvalue weighted by atomic mass is 35.5. The third-order valence-corrected chi connectivity index (χ3v) is 5.42. The van der Waals surface area contributed by atoms with Crippen molar-refractivity contribution in [3.05, 3.63) is 73.2 Å². The highest BCUT2D eigenvalue weighted by molar-refractivity contribution is 7.10. The molecule has 0 atom stereocenters. The molecule has 26 heavy (non-hydrogen) atoms. The van der Waals surface area contributed by atoms with Gasteiger partial charge in [-0.3, -0.25) is 9.79 Å². The number of halogens is 1. The Morgan fingerprint density at radius 2 is 2.08 bits per heavy atom. The molecule has 1 aromatic heterocycles. The SMILES string of the molecule is CCc1cccc2c1N=C/C2=C\c1sc(=O)n(-c2cccc(Cl)c2)c1O. The Morgan fingerprint density at radius 1 is 1.27 bits per heavy atom. The molecule has 1 aliphatic rings. The van der Waals surface area contributed by atoms with Crippen LogP contribution in [-0.4, -0.2) is 15.9 Å². The van der Waals surface area contributed by atoms with Gasteiger partial charge >= 0.3 is 4.87 Å². The van der Waals surface area contributed by atoms with E-state index in [4.69, 9.17) is 11.6 Å². The number of hydrogen-bond acceptors (Lipinski definition) is 4. The van der Waals surface area contributed by atoms with E-state index in [1.54, 1.807) is 36.6 Å². The Morgan fingerprint density at radius 3 is 2.85 bits per heavy atom. The molecule has 1 aliphatic heterocycles. The van der Waals surface area contributed by atoms with E-state index in [1.807, 2.05) is 12.1 Å². The van der Waals surface area contributed by atoms with Crippen molar-refractivity contribution in [2.24, 2.45) is 4.99 Å². The first kappa shape index (κ1) is 16.8. The molecule has 6 heteroatoms. The first-order chi connectivity index (χ1) is 12.6. The van der Waals surface area contributed by atoms with Crippen molar-refractivity contribution >= 4 is 46.5 Å². The lowest BCUT2D eigenvalue weighted by Crippen LogP contribution is -2.09. The van der Waals surface area contributed by atoms with Gasteiger partial charge in [0.1, 0.15) is 0 Å². The summed E-state index contributed by atoms with van der Waals surface area (Å²) in [5, 5.41) is 11.1. The highest BCUT2D eigenvalue weighted by Crippen LogP contribution is 2.37. The van der Waals surface area contributed by atoms with E-state index >= 15 is 0 Å². The summed E-state index contributed by atoms with van der Waals surface area (Å²) in [6, 6.07) is 12.9. The van der Waals surface area contributed by atoms with E-state index in [-0.39, 0.29) is 10.8 Å². The van der Waals surface area contributed by atoms with Crippen LogP contribution in [0.1, 0.15) is 22.9 Å². The van der Waals surface area contributed by atoms with E-state index in [0.29, 0.717) is 15.6 Å². The molecule has 0 spiro atoms. The minimum atomic E-state index is -0.269. The van der Waals surface area contributed by atoms with Crippen molar-refractivity contribution in [2.45, 2.75) is 13.3 Å².